The van der Waals surface area contributed by atoms with Gasteiger partial charge in [-0.2, -0.15) is 13.5 Å². The van der Waals surface area contributed by atoms with Crippen molar-refractivity contribution >= 4 is 40.7 Å². The summed E-state index contributed by atoms with van der Waals surface area (Å²) in [4.78, 5) is 0. The predicted octanol–water partition coefficient (Wildman–Crippen LogP) is 13.7. The van der Waals surface area contributed by atoms with Gasteiger partial charge in [0.15, 0.2) is 0 Å². The Morgan fingerprint density at radius 3 is 1.21 bits per heavy atom. The molecule has 246 valence electrons. The van der Waals surface area contributed by atoms with Gasteiger partial charge in [-0.25, -0.2) is 0 Å². The van der Waals surface area contributed by atoms with Gasteiger partial charge in [0.05, 0.1) is 0 Å². The molecule has 52 heavy (non-hydrogen) atoms. The molecular formula is C50H35NS. The number of fused-ring (bicyclic) bond motifs is 4. The topological polar surface area (TPSA) is 26.0 Å². The van der Waals surface area contributed by atoms with E-state index in [1.165, 1.54) is 93.9 Å². The molecule has 9 aromatic rings. The first-order valence-corrected chi connectivity index (χ1v) is 17.6. The quantitative estimate of drug-likeness (QED) is 0.180. The van der Waals surface area contributed by atoms with Crippen LogP contribution < -0.4 is 5.73 Å². The number of hydrogen-bond donors (Lipinski definition) is 1. The smallest absolute Gasteiger partial charge is 0.0320 e. The van der Waals surface area contributed by atoms with Crippen LogP contribution in [0.3, 0.4) is 0 Å². The molecule has 1 aliphatic carbocycles. The lowest BCUT2D eigenvalue weighted by atomic mass is 9.82. The van der Waals surface area contributed by atoms with E-state index in [0.29, 0.717) is 0 Å². The van der Waals surface area contributed by atoms with Gasteiger partial charge in [0.25, 0.3) is 0 Å². The van der Waals surface area contributed by atoms with Crippen molar-refractivity contribution in [3.05, 3.63) is 188 Å². The van der Waals surface area contributed by atoms with Crippen molar-refractivity contribution in [2.24, 2.45) is 0 Å². The van der Waals surface area contributed by atoms with Crippen LogP contribution in [0.5, 0.6) is 0 Å². The van der Waals surface area contributed by atoms with E-state index >= 15 is 0 Å². The van der Waals surface area contributed by atoms with E-state index in [-0.39, 0.29) is 13.5 Å². The molecule has 0 amide bonds. The summed E-state index contributed by atoms with van der Waals surface area (Å²) in [6, 6.07) is 68.2. The highest BCUT2D eigenvalue weighted by Gasteiger charge is 2.31. The van der Waals surface area contributed by atoms with Crippen LogP contribution >= 0.6 is 13.5 Å². The van der Waals surface area contributed by atoms with Gasteiger partial charge in [0.2, 0.25) is 0 Å². The summed E-state index contributed by atoms with van der Waals surface area (Å²) in [6.45, 7) is 0. The van der Waals surface area contributed by atoms with E-state index in [1.54, 1.807) is 0 Å². The second-order valence-corrected chi connectivity index (χ2v) is 13.4. The lowest BCUT2D eigenvalue weighted by Crippen LogP contribution is -1.94. The largest absolute Gasteiger partial charge is 0.399 e. The monoisotopic (exact) mass is 681 g/mol. The minimum absolute atomic E-state index is 0. The van der Waals surface area contributed by atoms with Crippen molar-refractivity contribution in [1.82, 2.24) is 0 Å². The summed E-state index contributed by atoms with van der Waals surface area (Å²) in [5.74, 6) is 0. The zero-order chi connectivity index (χ0) is 33.9. The molecule has 10 rings (SSSR count). The average Bonchev–Trinajstić information content (AvgIpc) is 3.53. The number of benzene rings is 9. The number of nitrogens with two attached hydrogens (primary N) is 1. The number of hydrogen-bond acceptors (Lipinski definition) is 1. The first kappa shape index (κ1) is 31.6. The molecule has 2 heteroatoms. The third kappa shape index (κ3) is 5.03. The minimum atomic E-state index is 0. The molecule has 0 radical (unpaired) electrons. The molecule has 0 spiro atoms. The van der Waals surface area contributed by atoms with E-state index < -0.39 is 0 Å². The summed E-state index contributed by atoms with van der Waals surface area (Å²) in [5.41, 5.74) is 24.4. The molecule has 9 aromatic carbocycles. The van der Waals surface area contributed by atoms with Crippen molar-refractivity contribution in [2.75, 3.05) is 5.73 Å². The zero-order valence-corrected chi connectivity index (χ0v) is 29.5. The fraction of sp³-hybridized carbons (Fsp3) is 0. The molecule has 0 saturated heterocycles. The zero-order valence-electron chi connectivity index (χ0n) is 28.5. The maximum atomic E-state index is 6.30. The Morgan fingerprint density at radius 2 is 0.673 bits per heavy atom. The van der Waals surface area contributed by atoms with Gasteiger partial charge in [0, 0.05) is 5.69 Å². The van der Waals surface area contributed by atoms with E-state index in [9.17, 15) is 0 Å². The van der Waals surface area contributed by atoms with Crippen molar-refractivity contribution in [3.63, 3.8) is 0 Å². The number of rotatable bonds is 5. The van der Waals surface area contributed by atoms with Crippen LogP contribution in [0.2, 0.25) is 0 Å². The Labute approximate surface area is 311 Å². The van der Waals surface area contributed by atoms with E-state index in [0.717, 1.165) is 11.3 Å². The third-order valence-corrected chi connectivity index (χ3v) is 10.6. The van der Waals surface area contributed by atoms with Gasteiger partial charge in [-0.15, -0.1) is 0 Å². The Balaban J connectivity index is 0.00000360. The standard InChI is InChI=1S/C50H33N.H2S/c51-39-16-9-15-38(31-39)40-29-30-45-48-41(40)19-10-20-44(48)49-46(36-25-21-34(22-26-36)32-11-3-1-4-12-32)42-17-7-8-18-43(42)47(50(45)49)37-27-23-35(24-28-37)33-13-5-2-6-14-33;/h1-31H,51H2;1H2. The predicted molar refractivity (Wildman–Crippen MR) is 228 cm³/mol. The fourth-order valence-corrected chi connectivity index (χ4v) is 8.28. The minimum Gasteiger partial charge on any atom is -0.399 e. The molecule has 1 aliphatic rings. The highest BCUT2D eigenvalue weighted by molar-refractivity contribution is 7.59. The van der Waals surface area contributed by atoms with Gasteiger partial charge < -0.3 is 5.73 Å². The van der Waals surface area contributed by atoms with Crippen LogP contribution in [0.25, 0.3) is 99.4 Å². The number of nitrogen functional groups attached to an aromatic ring is 1. The first-order chi connectivity index (χ1) is 25.2. The maximum absolute atomic E-state index is 6.30. The summed E-state index contributed by atoms with van der Waals surface area (Å²) >= 11 is 0. The molecule has 0 aromatic heterocycles. The lowest BCUT2D eigenvalue weighted by molar-refractivity contribution is 1.59. The summed E-state index contributed by atoms with van der Waals surface area (Å²) < 4.78 is 0. The summed E-state index contributed by atoms with van der Waals surface area (Å²) in [5, 5.41) is 5.05. The van der Waals surface area contributed by atoms with Crippen molar-refractivity contribution in [2.45, 2.75) is 0 Å². The SMILES string of the molecule is Nc1cccc(-c2ccc3c4c(cccc24)-c2c-3c(-c3ccc(-c4ccccc4)cc3)c3ccccc3c2-c2ccc(-c3ccccc3)cc2)c1.S. The Hall–Kier alpha value is -6.35. The van der Waals surface area contributed by atoms with Crippen LogP contribution in [0.1, 0.15) is 0 Å². The second kappa shape index (κ2) is 12.8. The molecule has 2 N–H and O–H groups in total. The van der Waals surface area contributed by atoms with Gasteiger partial charge in [-0.3, -0.25) is 0 Å². The Kier molecular flexibility index (Phi) is 7.76. The molecule has 0 unspecified atom stereocenters. The molecular weight excluding hydrogens is 647 g/mol. The molecule has 0 aliphatic heterocycles. The van der Waals surface area contributed by atoms with Crippen LogP contribution in [0, 0.1) is 0 Å². The molecule has 0 saturated carbocycles. The van der Waals surface area contributed by atoms with Crippen LogP contribution in [-0.2, 0) is 0 Å². The van der Waals surface area contributed by atoms with Crippen molar-refractivity contribution in [1.29, 1.82) is 0 Å². The Morgan fingerprint density at radius 1 is 0.269 bits per heavy atom. The third-order valence-electron chi connectivity index (χ3n) is 10.6. The van der Waals surface area contributed by atoms with Crippen LogP contribution in [0.15, 0.2) is 188 Å². The molecule has 0 bridgehead atoms. The van der Waals surface area contributed by atoms with E-state index in [1.807, 2.05) is 12.1 Å². The first-order valence-electron chi connectivity index (χ1n) is 17.6. The van der Waals surface area contributed by atoms with Crippen molar-refractivity contribution < 1.29 is 0 Å². The molecule has 0 atom stereocenters. The summed E-state index contributed by atoms with van der Waals surface area (Å²) in [6.07, 6.45) is 0. The molecule has 0 heterocycles. The highest BCUT2D eigenvalue weighted by atomic mass is 32.1. The van der Waals surface area contributed by atoms with Gasteiger partial charge >= 0.3 is 0 Å². The van der Waals surface area contributed by atoms with Crippen LogP contribution in [0.4, 0.5) is 5.69 Å². The van der Waals surface area contributed by atoms with Gasteiger partial charge in [-0.1, -0.05) is 176 Å². The maximum Gasteiger partial charge on any atom is 0.0320 e. The fourth-order valence-electron chi connectivity index (χ4n) is 8.28. The Bertz CT molecular complexity index is 2630. The van der Waals surface area contributed by atoms with Gasteiger partial charge in [0.1, 0.15) is 0 Å². The lowest BCUT2D eigenvalue weighted by Gasteiger charge is -2.21. The van der Waals surface area contributed by atoms with E-state index in [2.05, 4.69) is 176 Å². The van der Waals surface area contributed by atoms with Crippen LogP contribution in [-0.4, -0.2) is 0 Å². The second-order valence-electron chi connectivity index (χ2n) is 13.4. The van der Waals surface area contributed by atoms with Crippen molar-refractivity contribution in [3.8, 4) is 77.9 Å². The summed E-state index contributed by atoms with van der Waals surface area (Å²) in [7, 11) is 0. The highest BCUT2D eigenvalue weighted by Crippen LogP contribution is 2.58. The van der Waals surface area contributed by atoms with E-state index in [4.69, 9.17) is 5.73 Å². The normalized spacial score (nSPS) is 11.4. The average molecular weight is 682 g/mol. The molecule has 0 fully saturated rings. The number of anilines is 1. The molecule has 1 nitrogen and oxygen atoms in total. The van der Waals surface area contributed by atoms with Gasteiger partial charge in [-0.05, 0) is 112 Å².